The van der Waals surface area contributed by atoms with Gasteiger partial charge < -0.3 is 5.11 Å². The average molecular weight is 273 g/mol. The van der Waals surface area contributed by atoms with E-state index in [2.05, 4.69) is 24.0 Å². The molecule has 2 aromatic rings. The van der Waals surface area contributed by atoms with Crippen molar-refractivity contribution in [2.75, 3.05) is 0 Å². The molecule has 21 heavy (non-hydrogen) atoms. The van der Waals surface area contributed by atoms with E-state index in [1.165, 1.54) is 5.56 Å². The molecule has 0 spiro atoms. The Bertz CT molecular complexity index is 744. The van der Waals surface area contributed by atoms with Crippen LogP contribution in [0, 0.1) is 29.1 Å². The number of aliphatic hydroxyl groups is 1. The topological polar surface area (TPSA) is 44.0 Å². The summed E-state index contributed by atoms with van der Waals surface area (Å²) in [4.78, 5) is 0. The standard InChI is InChI=1S/C19H15NO/c20-13-15-7-5-14(6-8-15)9-10-17-12-11-16-3-1-2-4-18(16)19(17)21/h1-8,17,19,21H,11-12H2/t17-,19-/m1/s1. The van der Waals surface area contributed by atoms with Crippen molar-refractivity contribution in [1.29, 1.82) is 5.26 Å². The van der Waals surface area contributed by atoms with Gasteiger partial charge in [0.2, 0.25) is 0 Å². The predicted molar refractivity (Wildman–Crippen MR) is 81.2 cm³/mol. The molecule has 0 saturated carbocycles. The van der Waals surface area contributed by atoms with Crippen LogP contribution in [-0.2, 0) is 6.42 Å². The molecule has 2 heteroatoms. The second-order valence-electron chi connectivity index (χ2n) is 5.25. The van der Waals surface area contributed by atoms with Gasteiger partial charge in [0.1, 0.15) is 0 Å². The average Bonchev–Trinajstić information content (AvgIpc) is 2.55. The molecule has 1 aliphatic rings. The van der Waals surface area contributed by atoms with Gasteiger partial charge >= 0.3 is 0 Å². The number of hydrogen-bond acceptors (Lipinski definition) is 2. The van der Waals surface area contributed by atoms with E-state index in [0.29, 0.717) is 5.56 Å². The smallest absolute Gasteiger partial charge is 0.0991 e. The van der Waals surface area contributed by atoms with Gasteiger partial charge in [-0.2, -0.15) is 5.26 Å². The van der Waals surface area contributed by atoms with E-state index >= 15 is 0 Å². The molecule has 0 unspecified atom stereocenters. The lowest BCUT2D eigenvalue weighted by molar-refractivity contribution is 0.122. The normalized spacial score (nSPS) is 19.8. The van der Waals surface area contributed by atoms with Crippen molar-refractivity contribution in [2.45, 2.75) is 18.9 Å². The van der Waals surface area contributed by atoms with E-state index in [4.69, 9.17) is 5.26 Å². The third kappa shape index (κ3) is 2.82. The van der Waals surface area contributed by atoms with Crippen molar-refractivity contribution in [2.24, 2.45) is 5.92 Å². The monoisotopic (exact) mass is 273 g/mol. The van der Waals surface area contributed by atoms with Crippen LogP contribution >= 0.6 is 0 Å². The molecular formula is C19H15NO. The molecule has 2 atom stereocenters. The molecule has 0 aliphatic heterocycles. The zero-order valence-electron chi connectivity index (χ0n) is 11.6. The van der Waals surface area contributed by atoms with E-state index in [0.717, 1.165) is 24.0 Å². The van der Waals surface area contributed by atoms with Crippen LogP contribution in [0.15, 0.2) is 48.5 Å². The first kappa shape index (κ1) is 13.4. The summed E-state index contributed by atoms with van der Waals surface area (Å²) in [5.41, 5.74) is 3.73. The number of aryl methyl sites for hydroxylation is 1. The molecule has 2 aromatic carbocycles. The van der Waals surface area contributed by atoms with Gasteiger partial charge in [0.15, 0.2) is 0 Å². The summed E-state index contributed by atoms with van der Waals surface area (Å²) in [5.74, 6) is 6.26. The quantitative estimate of drug-likeness (QED) is 0.749. The molecule has 0 amide bonds. The molecule has 0 aromatic heterocycles. The molecule has 1 N–H and O–H groups in total. The maximum atomic E-state index is 10.4. The summed E-state index contributed by atoms with van der Waals surface area (Å²) in [7, 11) is 0. The second kappa shape index (κ2) is 5.83. The van der Waals surface area contributed by atoms with Crippen molar-refractivity contribution in [1.82, 2.24) is 0 Å². The van der Waals surface area contributed by atoms with Gasteiger partial charge in [0, 0.05) is 5.56 Å². The fraction of sp³-hybridized carbons (Fsp3) is 0.211. The molecule has 102 valence electrons. The minimum Gasteiger partial charge on any atom is -0.387 e. The number of benzene rings is 2. The lowest BCUT2D eigenvalue weighted by atomic mass is 9.82. The molecule has 0 heterocycles. The first-order valence-corrected chi connectivity index (χ1v) is 7.05. The molecule has 0 fully saturated rings. The second-order valence-corrected chi connectivity index (χ2v) is 5.25. The van der Waals surface area contributed by atoms with Gasteiger partial charge in [0.05, 0.1) is 23.7 Å². The Kier molecular flexibility index (Phi) is 3.73. The van der Waals surface area contributed by atoms with E-state index in [9.17, 15) is 5.11 Å². The molecule has 1 aliphatic carbocycles. The van der Waals surface area contributed by atoms with Crippen LogP contribution in [0.5, 0.6) is 0 Å². The maximum Gasteiger partial charge on any atom is 0.0991 e. The lowest BCUT2D eigenvalue weighted by Crippen LogP contribution is -2.19. The predicted octanol–water partition coefficient (Wildman–Crippen LogP) is 3.21. The molecule has 0 saturated heterocycles. The highest BCUT2D eigenvalue weighted by Crippen LogP contribution is 2.33. The minimum atomic E-state index is -0.513. The van der Waals surface area contributed by atoms with E-state index in [1.54, 1.807) is 12.1 Å². The van der Waals surface area contributed by atoms with E-state index in [1.807, 2.05) is 30.3 Å². The number of fused-ring (bicyclic) bond motifs is 1. The largest absolute Gasteiger partial charge is 0.387 e. The van der Waals surface area contributed by atoms with Crippen LogP contribution in [0.25, 0.3) is 0 Å². The molecule has 0 bridgehead atoms. The summed E-state index contributed by atoms with van der Waals surface area (Å²) in [6.07, 6.45) is 1.32. The Morgan fingerprint density at radius 2 is 1.71 bits per heavy atom. The van der Waals surface area contributed by atoms with Crippen LogP contribution in [0.3, 0.4) is 0 Å². The van der Waals surface area contributed by atoms with Crippen molar-refractivity contribution in [3.63, 3.8) is 0 Å². The highest BCUT2D eigenvalue weighted by atomic mass is 16.3. The Hall–Kier alpha value is -2.55. The number of hydrogen-bond donors (Lipinski definition) is 1. The molecule has 0 radical (unpaired) electrons. The first-order valence-electron chi connectivity index (χ1n) is 7.05. The highest BCUT2D eigenvalue weighted by molar-refractivity contribution is 5.41. The fourth-order valence-corrected chi connectivity index (χ4v) is 2.69. The first-order chi connectivity index (χ1) is 10.3. The van der Waals surface area contributed by atoms with Crippen LogP contribution < -0.4 is 0 Å². The minimum absolute atomic E-state index is 0.0319. The third-order valence-corrected chi connectivity index (χ3v) is 3.90. The van der Waals surface area contributed by atoms with Gasteiger partial charge in [-0.05, 0) is 48.2 Å². The SMILES string of the molecule is N#Cc1ccc(C#C[C@@H]2CCc3ccccc3[C@@H]2O)cc1. The van der Waals surface area contributed by atoms with Gasteiger partial charge in [-0.1, -0.05) is 36.1 Å². The number of nitrogens with zero attached hydrogens (tertiary/aromatic N) is 1. The summed E-state index contributed by atoms with van der Waals surface area (Å²) < 4.78 is 0. The van der Waals surface area contributed by atoms with E-state index in [-0.39, 0.29) is 5.92 Å². The van der Waals surface area contributed by atoms with Crippen LogP contribution in [0.2, 0.25) is 0 Å². The van der Waals surface area contributed by atoms with Crippen molar-refractivity contribution in [3.8, 4) is 17.9 Å². The van der Waals surface area contributed by atoms with Crippen molar-refractivity contribution in [3.05, 3.63) is 70.8 Å². The number of aliphatic hydroxyl groups excluding tert-OH is 1. The number of nitriles is 1. The van der Waals surface area contributed by atoms with Crippen molar-refractivity contribution < 1.29 is 5.11 Å². The third-order valence-electron chi connectivity index (χ3n) is 3.90. The Morgan fingerprint density at radius 1 is 1.00 bits per heavy atom. The Balaban J connectivity index is 1.80. The zero-order valence-corrected chi connectivity index (χ0v) is 11.6. The summed E-state index contributed by atoms with van der Waals surface area (Å²) in [6, 6.07) is 17.3. The van der Waals surface area contributed by atoms with Crippen LogP contribution in [-0.4, -0.2) is 5.11 Å². The van der Waals surface area contributed by atoms with Crippen LogP contribution in [0.4, 0.5) is 0 Å². The maximum absolute atomic E-state index is 10.4. The van der Waals surface area contributed by atoms with Crippen LogP contribution in [0.1, 0.15) is 34.8 Å². The Morgan fingerprint density at radius 3 is 2.48 bits per heavy atom. The molecule has 2 nitrogen and oxygen atoms in total. The van der Waals surface area contributed by atoms with Crippen molar-refractivity contribution >= 4 is 0 Å². The van der Waals surface area contributed by atoms with Gasteiger partial charge in [-0.15, -0.1) is 0 Å². The zero-order chi connectivity index (χ0) is 14.7. The van der Waals surface area contributed by atoms with E-state index < -0.39 is 6.10 Å². The van der Waals surface area contributed by atoms with Gasteiger partial charge in [-0.3, -0.25) is 0 Å². The lowest BCUT2D eigenvalue weighted by Gasteiger charge is -2.26. The Labute approximate surface area is 124 Å². The highest BCUT2D eigenvalue weighted by Gasteiger charge is 2.25. The fourth-order valence-electron chi connectivity index (χ4n) is 2.69. The molecule has 3 rings (SSSR count). The molecular weight excluding hydrogens is 258 g/mol. The van der Waals surface area contributed by atoms with Gasteiger partial charge in [0.25, 0.3) is 0 Å². The number of rotatable bonds is 0. The summed E-state index contributed by atoms with van der Waals surface area (Å²) in [5, 5.41) is 19.2. The van der Waals surface area contributed by atoms with Gasteiger partial charge in [-0.25, -0.2) is 0 Å². The summed E-state index contributed by atoms with van der Waals surface area (Å²) in [6.45, 7) is 0. The summed E-state index contributed by atoms with van der Waals surface area (Å²) >= 11 is 0.